The Morgan fingerprint density at radius 1 is 1.22 bits per heavy atom. The van der Waals surface area contributed by atoms with E-state index in [-0.39, 0.29) is 12.6 Å². The number of fused-ring (bicyclic) bond motifs is 1. The number of benzene rings is 1. The highest BCUT2D eigenvalue weighted by Crippen LogP contribution is 2.25. The van der Waals surface area contributed by atoms with Crippen LogP contribution in [0.4, 0.5) is 0 Å². The Morgan fingerprint density at radius 2 is 1.94 bits per heavy atom. The Labute approximate surface area is 110 Å². The highest BCUT2D eigenvalue weighted by Gasteiger charge is 2.15. The molecule has 100 valence electrons. The third kappa shape index (κ3) is 3.12. The molecule has 1 aromatic rings. The summed E-state index contributed by atoms with van der Waals surface area (Å²) in [6.07, 6.45) is 6.13. The quantitative estimate of drug-likeness (QED) is 0.838. The van der Waals surface area contributed by atoms with Gasteiger partial charge >= 0.3 is 0 Å². The van der Waals surface area contributed by atoms with Crippen LogP contribution in [0.1, 0.15) is 55.8 Å². The van der Waals surface area contributed by atoms with E-state index in [1.807, 2.05) is 0 Å². The lowest BCUT2D eigenvalue weighted by Crippen LogP contribution is -2.32. The predicted molar refractivity (Wildman–Crippen MR) is 75.8 cm³/mol. The number of hydrogen-bond acceptors (Lipinski definition) is 2. The largest absolute Gasteiger partial charge is 0.394 e. The van der Waals surface area contributed by atoms with Gasteiger partial charge in [0.05, 0.1) is 12.6 Å². The first-order chi connectivity index (χ1) is 8.74. The molecule has 2 N–H and O–H groups in total. The summed E-state index contributed by atoms with van der Waals surface area (Å²) in [4.78, 5) is 0. The first kappa shape index (κ1) is 13.6. The van der Waals surface area contributed by atoms with Gasteiger partial charge in [0.25, 0.3) is 0 Å². The maximum atomic E-state index is 9.57. The van der Waals surface area contributed by atoms with Crippen molar-refractivity contribution in [1.29, 1.82) is 0 Å². The van der Waals surface area contributed by atoms with Gasteiger partial charge in [-0.1, -0.05) is 25.1 Å². The van der Waals surface area contributed by atoms with Crippen LogP contribution in [-0.4, -0.2) is 17.8 Å². The molecule has 0 saturated heterocycles. The maximum Gasteiger partial charge on any atom is 0.0626 e. The van der Waals surface area contributed by atoms with Gasteiger partial charge in [0.15, 0.2) is 0 Å². The van der Waals surface area contributed by atoms with E-state index in [9.17, 15) is 5.11 Å². The van der Waals surface area contributed by atoms with E-state index in [4.69, 9.17) is 0 Å². The smallest absolute Gasteiger partial charge is 0.0626 e. The highest BCUT2D eigenvalue weighted by atomic mass is 16.3. The van der Waals surface area contributed by atoms with E-state index in [2.05, 4.69) is 37.4 Å². The molecule has 2 atom stereocenters. The van der Waals surface area contributed by atoms with Crippen molar-refractivity contribution in [3.63, 3.8) is 0 Å². The molecule has 0 amide bonds. The zero-order valence-electron chi connectivity index (χ0n) is 11.6. The predicted octanol–water partition coefficient (Wildman–Crippen LogP) is 2.99. The van der Waals surface area contributed by atoms with Crippen molar-refractivity contribution in [1.82, 2.24) is 5.32 Å². The molecule has 2 heteroatoms. The van der Waals surface area contributed by atoms with E-state index in [1.54, 1.807) is 0 Å². The molecule has 1 aliphatic carbocycles. The molecular weight excluding hydrogens is 222 g/mol. The van der Waals surface area contributed by atoms with Gasteiger partial charge in [-0.05, 0) is 55.7 Å². The van der Waals surface area contributed by atoms with Gasteiger partial charge in [-0.2, -0.15) is 0 Å². The van der Waals surface area contributed by atoms with E-state index in [0.29, 0.717) is 6.04 Å². The Bertz CT molecular complexity index is 389. The number of rotatable bonds is 5. The van der Waals surface area contributed by atoms with Crippen molar-refractivity contribution in [2.45, 2.75) is 58.0 Å². The molecule has 18 heavy (non-hydrogen) atoms. The van der Waals surface area contributed by atoms with Crippen molar-refractivity contribution in [3.8, 4) is 0 Å². The van der Waals surface area contributed by atoms with Gasteiger partial charge in [0.2, 0.25) is 0 Å². The monoisotopic (exact) mass is 247 g/mol. The number of hydrogen-bond donors (Lipinski definition) is 2. The van der Waals surface area contributed by atoms with Gasteiger partial charge in [0, 0.05) is 6.04 Å². The lowest BCUT2D eigenvalue weighted by Gasteiger charge is -2.23. The molecule has 0 unspecified atom stereocenters. The maximum absolute atomic E-state index is 9.57. The van der Waals surface area contributed by atoms with E-state index in [1.165, 1.54) is 42.4 Å². The molecule has 1 aliphatic rings. The highest BCUT2D eigenvalue weighted by molar-refractivity contribution is 5.35. The lowest BCUT2D eigenvalue weighted by molar-refractivity contribution is 0.234. The summed E-state index contributed by atoms with van der Waals surface area (Å²) in [5.41, 5.74) is 4.23. The average Bonchev–Trinajstić information content (AvgIpc) is 2.44. The van der Waals surface area contributed by atoms with Crippen LogP contribution >= 0.6 is 0 Å². The molecule has 0 spiro atoms. The normalized spacial score (nSPS) is 18.2. The minimum atomic E-state index is 0.0761. The average molecular weight is 247 g/mol. The summed E-state index contributed by atoms with van der Waals surface area (Å²) in [5, 5.41) is 13.1. The molecule has 2 rings (SSSR count). The Kier molecular flexibility index (Phi) is 4.79. The molecule has 0 radical (unpaired) electrons. The zero-order valence-corrected chi connectivity index (χ0v) is 11.6. The van der Waals surface area contributed by atoms with E-state index >= 15 is 0 Å². The number of aliphatic hydroxyl groups is 1. The van der Waals surface area contributed by atoms with Crippen LogP contribution in [0, 0.1) is 0 Å². The topological polar surface area (TPSA) is 32.3 Å². The minimum absolute atomic E-state index is 0.0761. The van der Waals surface area contributed by atoms with Crippen LogP contribution in [0.3, 0.4) is 0 Å². The van der Waals surface area contributed by atoms with Crippen LogP contribution in [-0.2, 0) is 12.8 Å². The second-order valence-corrected chi connectivity index (χ2v) is 5.45. The van der Waals surface area contributed by atoms with Gasteiger partial charge in [-0.25, -0.2) is 0 Å². The van der Waals surface area contributed by atoms with E-state index < -0.39 is 0 Å². The van der Waals surface area contributed by atoms with Crippen LogP contribution in [0.5, 0.6) is 0 Å². The summed E-state index contributed by atoms with van der Waals surface area (Å²) < 4.78 is 0. The molecule has 0 aromatic heterocycles. The first-order valence-electron chi connectivity index (χ1n) is 7.23. The van der Waals surface area contributed by atoms with Crippen LogP contribution < -0.4 is 5.32 Å². The standard InChI is InChI=1S/C16H25NO/c1-3-12(2)17-16(11-18)15-9-8-13-6-4-5-7-14(13)10-15/h8-10,12,16-18H,3-7,11H2,1-2H3/t12-,16-/m1/s1. The SMILES string of the molecule is CC[C@@H](C)N[C@H](CO)c1ccc2c(c1)CCCC2. The Balaban J connectivity index is 2.15. The summed E-state index contributed by atoms with van der Waals surface area (Å²) >= 11 is 0. The summed E-state index contributed by atoms with van der Waals surface area (Å²) in [6, 6.07) is 7.25. The number of aryl methyl sites for hydroxylation is 2. The van der Waals surface area contributed by atoms with Crippen LogP contribution in [0.25, 0.3) is 0 Å². The zero-order chi connectivity index (χ0) is 13.0. The summed E-state index contributed by atoms with van der Waals surface area (Å²) in [6.45, 7) is 4.50. The fourth-order valence-corrected chi connectivity index (χ4v) is 2.69. The molecule has 0 fully saturated rings. The van der Waals surface area contributed by atoms with Gasteiger partial charge < -0.3 is 10.4 Å². The molecule has 0 saturated carbocycles. The van der Waals surface area contributed by atoms with Crippen LogP contribution in [0.2, 0.25) is 0 Å². The van der Waals surface area contributed by atoms with E-state index in [0.717, 1.165) is 6.42 Å². The minimum Gasteiger partial charge on any atom is -0.394 e. The summed E-state index contributed by atoms with van der Waals surface area (Å²) in [7, 11) is 0. The Morgan fingerprint density at radius 3 is 2.61 bits per heavy atom. The van der Waals surface area contributed by atoms with Crippen molar-refractivity contribution in [3.05, 3.63) is 34.9 Å². The molecule has 0 aliphatic heterocycles. The van der Waals surface area contributed by atoms with Gasteiger partial charge in [0.1, 0.15) is 0 Å². The fourth-order valence-electron chi connectivity index (χ4n) is 2.69. The third-order valence-corrected chi connectivity index (χ3v) is 4.06. The molecule has 2 nitrogen and oxygen atoms in total. The fraction of sp³-hybridized carbons (Fsp3) is 0.625. The Hall–Kier alpha value is -0.860. The van der Waals surface area contributed by atoms with Gasteiger partial charge in [-0.15, -0.1) is 0 Å². The molecule has 0 heterocycles. The second kappa shape index (κ2) is 6.35. The first-order valence-corrected chi connectivity index (χ1v) is 7.23. The summed E-state index contributed by atoms with van der Waals surface area (Å²) in [5.74, 6) is 0. The third-order valence-electron chi connectivity index (χ3n) is 4.06. The molecular formula is C16H25NO. The van der Waals surface area contributed by atoms with Crippen molar-refractivity contribution in [2.24, 2.45) is 0 Å². The second-order valence-electron chi connectivity index (χ2n) is 5.45. The number of nitrogens with one attached hydrogen (secondary N) is 1. The van der Waals surface area contributed by atoms with Crippen molar-refractivity contribution in [2.75, 3.05) is 6.61 Å². The van der Waals surface area contributed by atoms with Crippen LogP contribution in [0.15, 0.2) is 18.2 Å². The number of aliphatic hydroxyl groups excluding tert-OH is 1. The lowest BCUT2D eigenvalue weighted by atomic mass is 9.89. The molecule has 1 aromatic carbocycles. The van der Waals surface area contributed by atoms with Crippen molar-refractivity contribution < 1.29 is 5.11 Å². The van der Waals surface area contributed by atoms with Crippen molar-refractivity contribution >= 4 is 0 Å². The van der Waals surface area contributed by atoms with Gasteiger partial charge in [-0.3, -0.25) is 0 Å². The molecule has 0 bridgehead atoms.